The van der Waals surface area contributed by atoms with Gasteiger partial charge in [0.15, 0.2) is 10.9 Å². The number of hydrogen-bond acceptors (Lipinski definition) is 6. The van der Waals surface area contributed by atoms with Crippen LogP contribution in [0.3, 0.4) is 0 Å². The predicted molar refractivity (Wildman–Crippen MR) is 135 cm³/mol. The molecule has 1 amide bonds. The molecule has 0 bridgehead atoms. The van der Waals surface area contributed by atoms with Gasteiger partial charge in [-0.2, -0.15) is 0 Å². The van der Waals surface area contributed by atoms with Crippen LogP contribution >= 0.6 is 11.8 Å². The lowest BCUT2D eigenvalue weighted by molar-refractivity contribution is 0.0951. The second kappa shape index (κ2) is 10.4. The molecule has 8 heteroatoms. The Morgan fingerprint density at radius 3 is 2.63 bits per heavy atom. The Bertz CT molecular complexity index is 1430. The van der Waals surface area contributed by atoms with Gasteiger partial charge in [0.05, 0.1) is 12.0 Å². The highest BCUT2D eigenvalue weighted by Gasteiger charge is 2.18. The number of rotatable bonds is 8. The smallest absolute Gasteiger partial charge is 0.251 e. The van der Waals surface area contributed by atoms with Crippen molar-refractivity contribution in [3.63, 3.8) is 0 Å². The molecule has 0 aliphatic carbocycles. The summed E-state index contributed by atoms with van der Waals surface area (Å²) in [5.41, 5.74) is 4.75. The first-order valence-corrected chi connectivity index (χ1v) is 12.1. The monoisotopic (exact) mass is 481 g/mol. The summed E-state index contributed by atoms with van der Waals surface area (Å²) in [5.74, 6) is 1.82. The van der Waals surface area contributed by atoms with Crippen LogP contribution in [-0.2, 0) is 12.3 Å². The van der Waals surface area contributed by atoms with Gasteiger partial charge in [-0.15, -0.1) is 10.2 Å². The van der Waals surface area contributed by atoms with Crippen molar-refractivity contribution in [2.24, 2.45) is 0 Å². The van der Waals surface area contributed by atoms with E-state index in [9.17, 15) is 4.79 Å². The maximum Gasteiger partial charge on any atom is 0.251 e. The molecule has 0 fully saturated rings. The average Bonchev–Trinajstić information content (AvgIpc) is 3.57. The van der Waals surface area contributed by atoms with Crippen LogP contribution < -0.4 is 5.32 Å². The van der Waals surface area contributed by atoms with Gasteiger partial charge < -0.3 is 9.73 Å². The molecule has 35 heavy (non-hydrogen) atoms. The Morgan fingerprint density at radius 1 is 0.971 bits per heavy atom. The molecule has 0 spiro atoms. The normalized spacial score (nSPS) is 10.9. The van der Waals surface area contributed by atoms with E-state index in [1.165, 1.54) is 0 Å². The standard InChI is InChI=1S/C27H23N5O2S/c1-19-5-2-8-23(15-19)32-25(24-9-4-14-34-24)30-31-27(32)35-18-21-6-3-7-22(16-21)26(33)29-17-20-10-12-28-13-11-20/h2-16H,17-18H2,1H3,(H,29,33). The van der Waals surface area contributed by atoms with E-state index in [2.05, 4.69) is 39.6 Å². The van der Waals surface area contributed by atoms with Crippen LogP contribution in [0.4, 0.5) is 0 Å². The fraction of sp³-hybridized carbons (Fsp3) is 0.111. The van der Waals surface area contributed by atoms with Crippen LogP contribution in [0, 0.1) is 6.92 Å². The highest BCUT2D eigenvalue weighted by atomic mass is 32.2. The summed E-state index contributed by atoms with van der Waals surface area (Å²) in [6, 6.07) is 23.3. The van der Waals surface area contributed by atoms with Gasteiger partial charge in [0.2, 0.25) is 5.82 Å². The van der Waals surface area contributed by atoms with Crippen molar-refractivity contribution in [3.8, 4) is 17.3 Å². The number of amides is 1. The number of furan rings is 1. The molecule has 0 radical (unpaired) electrons. The van der Waals surface area contributed by atoms with Crippen molar-refractivity contribution in [2.75, 3.05) is 0 Å². The Morgan fingerprint density at radius 2 is 1.83 bits per heavy atom. The number of aryl methyl sites for hydroxylation is 1. The first-order chi connectivity index (χ1) is 17.2. The van der Waals surface area contributed by atoms with Crippen molar-refractivity contribution in [1.82, 2.24) is 25.1 Å². The summed E-state index contributed by atoms with van der Waals surface area (Å²) in [5, 5.41) is 12.6. The van der Waals surface area contributed by atoms with E-state index in [1.54, 1.807) is 30.4 Å². The SMILES string of the molecule is Cc1cccc(-n2c(SCc3cccc(C(=O)NCc4ccncc4)c3)nnc2-c2ccco2)c1. The number of benzene rings is 2. The minimum Gasteiger partial charge on any atom is -0.461 e. The van der Waals surface area contributed by atoms with E-state index in [-0.39, 0.29) is 5.91 Å². The van der Waals surface area contributed by atoms with Gasteiger partial charge in [0.1, 0.15) is 0 Å². The quantitative estimate of drug-likeness (QED) is 0.297. The first-order valence-electron chi connectivity index (χ1n) is 11.1. The van der Waals surface area contributed by atoms with E-state index in [0.29, 0.717) is 29.4 Å². The van der Waals surface area contributed by atoms with Gasteiger partial charge in [-0.05, 0) is 72.1 Å². The zero-order valence-electron chi connectivity index (χ0n) is 19.1. The molecule has 0 saturated carbocycles. The predicted octanol–water partition coefficient (Wildman–Crippen LogP) is 5.45. The van der Waals surface area contributed by atoms with Crippen LogP contribution in [0.15, 0.2) is 101 Å². The summed E-state index contributed by atoms with van der Waals surface area (Å²) < 4.78 is 7.61. The number of thioether (sulfide) groups is 1. The van der Waals surface area contributed by atoms with Crippen molar-refractivity contribution >= 4 is 17.7 Å². The summed E-state index contributed by atoms with van der Waals surface area (Å²) >= 11 is 1.56. The van der Waals surface area contributed by atoms with Gasteiger partial charge in [-0.25, -0.2) is 0 Å². The molecule has 0 saturated heterocycles. The van der Waals surface area contributed by atoms with Gasteiger partial charge in [-0.3, -0.25) is 14.3 Å². The minimum atomic E-state index is -0.114. The van der Waals surface area contributed by atoms with Crippen molar-refractivity contribution in [2.45, 2.75) is 24.4 Å². The third kappa shape index (κ3) is 5.33. The van der Waals surface area contributed by atoms with Crippen molar-refractivity contribution in [3.05, 3.63) is 114 Å². The molecule has 0 unspecified atom stereocenters. The molecule has 0 atom stereocenters. The van der Waals surface area contributed by atoms with Gasteiger partial charge in [0, 0.05) is 30.3 Å². The lowest BCUT2D eigenvalue weighted by atomic mass is 10.1. The van der Waals surface area contributed by atoms with E-state index >= 15 is 0 Å². The van der Waals surface area contributed by atoms with Crippen LogP contribution in [0.2, 0.25) is 0 Å². The van der Waals surface area contributed by atoms with Crippen LogP contribution in [0.1, 0.15) is 27.0 Å². The Hall–Kier alpha value is -4.17. The summed E-state index contributed by atoms with van der Waals surface area (Å²) in [6.07, 6.45) is 5.06. The third-order valence-corrected chi connectivity index (χ3v) is 6.39. The number of carbonyl (C=O) groups is 1. The molecule has 3 heterocycles. The number of hydrogen-bond donors (Lipinski definition) is 1. The van der Waals surface area contributed by atoms with E-state index in [0.717, 1.165) is 27.5 Å². The fourth-order valence-corrected chi connectivity index (χ4v) is 4.56. The summed E-state index contributed by atoms with van der Waals surface area (Å²) in [6.45, 7) is 2.51. The zero-order valence-corrected chi connectivity index (χ0v) is 19.9. The lowest BCUT2D eigenvalue weighted by Crippen LogP contribution is -2.22. The molecule has 174 valence electrons. The Balaban J connectivity index is 1.34. The number of nitrogens with zero attached hydrogens (tertiary/aromatic N) is 4. The van der Waals surface area contributed by atoms with E-state index < -0.39 is 0 Å². The second-order valence-corrected chi connectivity index (χ2v) is 8.93. The number of nitrogens with one attached hydrogen (secondary N) is 1. The molecule has 1 N–H and O–H groups in total. The van der Waals surface area contributed by atoms with Crippen LogP contribution in [-0.4, -0.2) is 25.7 Å². The van der Waals surface area contributed by atoms with Crippen molar-refractivity contribution in [1.29, 1.82) is 0 Å². The van der Waals surface area contributed by atoms with E-state index in [1.807, 2.05) is 65.2 Å². The number of aromatic nitrogens is 4. The molecule has 2 aromatic carbocycles. The maximum atomic E-state index is 12.7. The summed E-state index contributed by atoms with van der Waals surface area (Å²) in [4.78, 5) is 16.7. The van der Waals surface area contributed by atoms with E-state index in [4.69, 9.17) is 4.42 Å². The molecule has 0 aliphatic heterocycles. The largest absolute Gasteiger partial charge is 0.461 e. The number of carbonyl (C=O) groups excluding carboxylic acids is 1. The van der Waals surface area contributed by atoms with Gasteiger partial charge in [-0.1, -0.05) is 36.0 Å². The van der Waals surface area contributed by atoms with Crippen LogP contribution in [0.5, 0.6) is 0 Å². The molecule has 0 aliphatic rings. The molecular formula is C27H23N5O2S. The first kappa shape index (κ1) is 22.6. The molecule has 7 nitrogen and oxygen atoms in total. The van der Waals surface area contributed by atoms with Crippen molar-refractivity contribution < 1.29 is 9.21 Å². The third-order valence-electron chi connectivity index (χ3n) is 5.39. The molecule has 5 rings (SSSR count). The fourth-order valence-electron chi connectivity index (χ4n) is 3.66. The van der Waals surface area contributed by atoms with Gasteiger partial charge >= 0.3 is 0 Å². The maximum absolute atomic E-state index is 12.7. The molecular weight excluding hydrogens is 458 g/mol. The Kier molecular flexibility index (Phi) is 6.72. The topological polar surface area (TPSA) is 85.8 Å². The summed E-state index contributed by atoms with van der Waals surface area (Å²) in [7, 11) is 0. The lowest BCUT2D eigenvalue weighted by Gasteiger charge is -2.10. The molecule has 5 aromatic rings. The van der Waals surface area contributed by atoms with Gasteiger partial charge in [0.25, 0.3) is 5.91 Å². The van der Waals surface area contributed by atoms with Crippen LogP contribution in [0.25, 0.3) is 17.3 Å². The Labute approximate surface area is 207 Å². The molecule has 3 aromatic heterocycles. The zero-order chi connectivity index (χ0) is 24.0. The highest BCUT2D eigenvalue weighted by Crippen LogP contribution is 2.30. The number of pyridine rings is 1. The second-order valence-electron chi connectivity index (χ2n) is 7.99. The highest BCUT2D eigenvalue weighted by molar-refractivity contribution is 7.98. The average molecular weight is 482 g/mol. The minimum absolute atomic E-state index is 0.114.